The maximum absolute atomic E-state index is 14.5. The highest BCUT2D eigenvalue weighted by molar-refractivity contribution is 9.09. The van der Waals surface area contributed by atoms with Gasteiger partial charge in [-0.3, -0.25) is 33.3 Å². The molecule has 17 nitrogen and oxygen atoms in total. The van der Waals surface area contributed by atoms with E-state index in [1.165, 1.54) is 11.3 Å². The number of carboxylic acids is 1. The molecule has 4 fully saturated rings. The summed E-state index contributed by atoms with van der Waals surface area (Å²) in [5, 5.41) is 30.7. The lowest BCUT2D eigenvalue weighted by atomic mass is 9.46. The van der Waals surface area contributed by atoms with E-state index in [-0.39, 0.29) is 54.7 Å². The van der Waals surface area contributed by atoms with Gasteiger partial charge in [0, 0.05) is 45.7 Å². The van der Waals surface area contributed by atoms with Crippen molar-refractivity contribution in [3.63, 3.8) is 0 Å². The summed E-state index contributed by atoms with van der Waals surface area (Å²) in [7, 11) is -5.04. The standard InChI is InChI=1S/C43H51BrN3O14PS/c1-22-28(21-63-32(22)14-23-4-7-25(8-5-23)46-39(55)30(10-11-37(53)54)47-36(52)19-45-35(51)18-44)40-60-34-16-29-27-9-6-24-15-26(48)12-13-41(24,2)38(27)31(49)17-42(29,3)43(34,61-40)33(50)20-59-62(56,57)58/h4-5,7-8,12-13,15,21,27,29-31,34,38,40,49H,6,9-11,14,16-20H2,1-3H3,(H,45,51)(H,46,55)(H,47,52)(H,53,54)(H2,56,57,58)/t27-,29-,30-,31-,34+,38+,40+,41-,42-,43+/m0/s1. The number of carbonyl (C=O) groups is 6. The van der Waals surface area contributed by atoms with E-state index in [0.717, 1.165) is 21.6 Å². The van der Waals surface area contributed by atoms with Gasteiger partial charge in [-0.05, 0) is 91.7 Å². The number of hydrogen-bond donors (Lipinski definition) is 7. The number of ketones is 2. The number of carboxylic acid groups (broad SMARTS) is 1. The van der Waals surface area contributed by atoms with Gasteiger partial charge in [0.2, 0.25) is 17.7 Å². The summed E-state index contributed by atoms with van der Waals surface area (Å²) in [6, 6.07) is 5.80. The number of phosphoric acid groups is 1. The maximum atomic E-state index is 14.5. The minimum absolute atomic E-state index is 0.0155. The average molecular weight is 977 g/mol. The number of rotatable bonds is 16. The van der Waals surface area contributed by atoms with Crippen molar-refractivity contribution in [3.05, 3.63) is 75.0 Å². The number of alkyl halides is 1. The minimum atomic E-state index is -5.04. The number of halogens is 1. The van der Waals surface area contributed by atoms with Crippen molar-refractivity contribution in [3.8, 4) is 0 Å². The number of phosphoric ester groups is 1. The van der Waals surface area contributed by atoms with Crippen LogP contribution in [0, 0.1) is 35.5 Å². The van der Waals surface area contributed by atoms with E-state index in [1.54, 1.807) is 24.3 Å². The predicted molar refractivity (Wildman–Crippen MR) is 230 cm³/mol. The number of thiophene rings is 1. The molecule has 3 saturated carbocycles. The van der Waals surface area contributed by atoms with Gasteiger partial charge in [-0.15, -0.1) is 11.3 Å². The third-order valence-corrected chi connectivity index (χ3v) is 16.0. The van der Waals surface area contributed by atoms with E-state index in [4.69, 9.17) is 14.0 Å². The van der Waals surface area contributed by atoms with Crippen molar-refractivity contribution in [1.82, 2.24) is 10.6 Å². The van der Waals surface area contributed by atoms with Crippen molar-refractivity contribution in [2.45, 2.75) is 95.9 Å². The molecule has 63 heavy (non-hydrogen) atoms. The fourth-order valence-corrected chi connectivity index (χ4v) is 12.6. The smallest absolute Gasteiger partial charge is 0.470 e. The van der Waals surface area contributed by atoms with Gasteiger partial charge in [0.1, 0.15) is 12.6 Å². The Labute approximate surface area is 375 Å². The van der Waals surface area contributed by atoms with Gasteiger partial charge in [0.15, 0.2) is 23.5 Å². The molecule has 7 rings (SSSR count). The second-order valence-corrected chi connectivity index (χ2v) is 20.3. The Bertz CT molecular complexity index is 2300. The van der Waals surface area contributed by atoms with Crippen molar-refractivity contribution < 1.29 is 67.3 Å². The maximum Gasteiger partial charge on any atom is 0.470 e. The van der Waals surface area contributed by atoms with E-state index in [0.29, 0.717) is 36.9 Å². The number of hydrogen-bond acceptors (Lipinski definition) is 12. The van der Waals surface area contributed by atoms with E-state index >= 15 is 0 Å². The number of ether oxygens (including phenoxy) is 2. The van der Waals surface area contributed by atoms with Gasteiger partial charge in [-0.25, -0.2) is 4.57 Å². The first-order valence-electron chi connectivity index (χ1n) is 20.7. The lowest BCUT2D eigenvalue weighted by molar-refractivity contribution is -0.201. The molecular formula is C43H51BrN3O14PS. The lowest BCUT2D eigenvalue weighted by Gasteiger charge is -2.59. The number of aliphatic carboxylic acids is 1. The van der Waals surface area contributed by atoms with Crippen molar-refractivity contribution >= 4 is 76.0 Å². The van der Waals surface area contributed by atoms with Crippen LogP contribution in [0.3, 0.4) is 0 Å². The van der Waals surface area contributed by atoms with E-state index in [1.807, 2.05) is 44.4 Å². The third kappa shape index (κ3) is 9.18. The number of amides is 3. The van der Waals surface area contributed by atoms with Crippen LogP contribution >= 0.6 is 35.1 Å². The van der Waals surface area contributed by atoms with E-state index in [9.17, 15) is 53.3 Å². The highest BCUT2D eigenvalue weighted by Gasteiger charge is 2.76. The number of carbonyl (C=O) groups excluding carboxylic acids is 5. The molecule has 2 heterocycles. The van der Waals surface area contributed by atoms with Crippen LogP contribution in [-0.4, -0.2) is 97.6 Å². The van der Waals surface area contributed by atoms with Crippen LogP contribution in [-0.2, 0) is 53.8 Å². The van der Waals surface area contributed by atoms with Crippen LogP contribution in [0.4, 0.5) is 5.69 Å². The molecule has 1 aromatic carbocycles. The predicted octanol–water partition coefficient (Wildman–Crippen LogP) is 4.17. The van der Waals surface area contributed by atoms with Crippen LogP contribution < -0.4 is 16.0 Å². The van der Waals surface area contributed by atoms with Gasteiger partial charge in [-0.2, -0.15) is 0 Å². The third-order valence-electron chi connectivity index (χ3n) is 13.9. The molecule has 1 aliphatic heterocycles. The Morgan fingerprint density at radius 2 is 1.84 bits per heavy atom. The average Bonchev–Trinajstić information content (AvgIpc) is 3.86. The normalized spacial score (nSPS) is 31.2. The van der Waals surface area contributed by atoms with E-state index in [2.05, 4.69) is 31.9 Å². The SMILES string of the molecule is Cc1c([C@@H]2O[C@@H]3C[C@H]4[C@@H]5CCC6=CC(=O)C=C[C@]6(C)[C@H]5[C@@H](O)C[C@]4(C)[C@]3(C(=O)COP(=O)(O)O)O2)csc1Cc1ccc(NC(=O)[C@H](CCC(=O)O)NC(=O)CNC(=O)CBr)cc1. The first kappa shape index (κ1) is 47.1. The largest absolute Gasteiger partial charge is 0.481 e. The Hall–Kier alpha value is -3.91. The number of nitrogens with one attached hydrogen (secondary N) is 3. The molecule has 1 saturated heterocycles. The summed E-state index contributed by atoms with van der Waals surface area (Å²) in [6.45, 7) is 4.56. The Morgan fingerprint density at radius 1 is 1.11 bits per heavy atom. The summed E-state index contributed by atoms with van der Waals surface area (Å²) in [5.74, 6) is -4.09. The number of fused-ring (bicyclic) bond motifs is 7. The number of aliphatic hydroxyl groups excluding tert-OH is 1. The van der Waals surface area contributed by atoms with Gasteiger partial charge < -0.3 is 45.4 Å². The van der Waals surface area contributed by atoms with Crippen LogP contribution in [0.15, 0.2) is 53.4 Å². The molecule has 0 unspecified atom stereocenters. The van der Waals surface area contributed by atoms with Gasteiger partial charge >= 0.3 is 13.8 Å². The number of Topliss-reactive ketones (excluding diaryl/α,β-unsaturated/α-hetero) is 1. The summed E-state index contributed by atoms with van der Waals surface area (Å²) < 4.78 is 30.2. The summed E-state index contributed by atoms with van der Waals surface area (Å²) in [5.41, 5.74) is 0.533. The molecule has 7 N–H and O–H groups in total. The number of aliphatic hydroxyl groups is 1. The summed E-state index contributed by atoms with van der Waals surface area (Å²) in [4.78, 5) is 95.2. The molecule has 1 aromatic heterocycles. The fourth-order valence-electron chi connectivity index (χ4n) is 11.0. The van der Waals surface area contributed by atoms with Gasteiger partial charge in [0.05, 0.1) is 24.1 Å². The van der Waals surface area contributed by atoms with Gasteiger partial charge in [0.25, 0.3) is 0 Å². The number of allylic oxidation sites excluding steroid dienone is 4. The van der Waals surface area contributed by atoms with Gasteiger partial charge in [-0.1, -0.05) is 53.6 Å². The van der Waals surface area contributed by atoms with Crippen molar-refractivity contribution in [2.24, 2.45) is 28.6 Å². The molecule has 4 aliphatic carbocycles. The zero-order valence-electron chi connectivity index (χ0n) is 34.8. The first-order valence-corrected chi connectivity index (χ1v) is 24.2. The Morgan fingerprint density at radius 3 is 2.52 bits per heavy atom. The quantitative estimate of drug-likeness (QED) is 0.0921. The molecule has 2 aromatic rings. The molecule has 5 aliphatic rings. The number of benzene rings is 1. The van der Waals surface area contributed by atoms with Crippen LogP contribution in [0.25, 0.3) is 0 Å². The molecule has 0 radical (unpaired) electrons. The second-order valence-electron chi connectivity index (χ2n) is 17.5. The van der Waals surface area contributed by atoms with Crippen molar-refractivity contribution in [2.75, 3.05) is 23.8 Å². The second kappa shape index (κ2) is 18.2. The molecule has 0 bridgehead atoms. The van der Waals surface area contributed by atoms with Crippen LogP contribution in [0.2, 0.25) is 0 Å². The zero-order chi connectivity index (χ0) is 45.6. The fraction of sp³-hybridized carbons (Fsp3) is 0.535. The molecule has 340 valence electrons. The number of anilines is 1. The molecule has 3 amide bonds. The first-order chi connectivity index (χ1) is 29.7. The highest BCUT2D eigenvalue weighted by atomic mass is 79.9. The minimum Gasteiger partial charge on any atom is -0.481 e. The molecule has 10 atom stereocenters. The molecular weight excluding hydrogens is 925 g/mol. The van der Waals surface area contributed by atoms with Crippen molar-refractivity contribution in [1.29, 1.82) is 0 Å². The molecule has 20 heteroatoms. The zero-order valence-corrected chi connectivity index (χ0v) is 38.1. The lowest BCUT2D eigenvalue weighted by Crippen LogP contribution is -2.63. The summed E-state index contributed by atoms with van der Waals surface area (Å²) in [6.07, 6.45) is 4.20. The Kier molecular flexibility index (Phi) is 13.6. The Balaban J connectivity index is 1.07. The summed E-state index contributed by atoms with van der Waals surface area (Å²) >= 11 is 4.44. The van der Waals surface area contributed by atoms with Crippen LogP contribution in [0.1, 0.15) is 80.2 Å². The molecule has 0 spiro atoms. The highest BCUT2D eigenvalue weighted by Crippen LogP contribution is 2.70. The van der Waals surface area contributed by atoms with Crippen LogP contribution in [0.5, 0.6) is 0 Å². The van der Waals surface area contributed by atoms with E-state index < -0.39 is 84.9 Å². The topological polar surface area (TPSA) is 264 Å². The monoisotopic (exact) mass is 975 g/mol.